The van der Waals surface area contributed by atoms with Crippen molar-refractivity contribution in [3.05, 3.63) is 47.0 Å². The number of aliphatic hydroxyl groups excluding tert-OH is 2. The summed E-state index contributed by atoms with van der Waals surface area (Å²) in [4.78, 5) is 41.0. The van der Waals surface area contributed by atoms with E-state index in [-0.39, 0.29) is 36.2 Å². The standard InChI is InChI=1S/C30H38O10/c1-15-18(32)13-30(36)25(39-26(35)17-10-8-7-9-11-17)23-28(5,24(34)22(33)21(15)27(30,3)4)19(37-6)12-20-29(23,14-38-20)40-16(2)31/h7-11,18-20,22-23,25,32-33,36H,12-14H2,1-6H3/t18-,19-,20+,22+,23-,25-,28+,29-,30?/m0/s1/i6D3. The fourth-order valence-corrected chi connectivity index (χ4v) is 7.81. The maximum atomic E-state index is 14.7. The van der Waals surface area contributed by atoms with Crippen LogP contribution in [0.25, 0.3) is 0 Å². The normalized spacial score (nSPS) is 43.4. The topological polar surface area (TPSA) is 149 Å². The highest BCUT2D eigenvalue weighted by Crippen LogP contribution is 2.64. The Bertz CT molecular complexity index is 1360. The van der Waals surface area contributed by atoms with Crippen molar-refractivity contribution >= 4 is 17.7 Å². The Kier molecular flexibility index (Phi) is 5.94. The van der Waals surface area contributed by atoms with Crippen LogP contribution in [0.2, 0.25) is 0 Å². The van der Waals surface area contributed by atoms with Gasteiger partial charge in [-0.1, -0.05) is 32.0 Å². The van der Waals surface area contributed by atoms with E-state index in [1.54, 1.807) is 32.0 Å². The monoisotopic (exact) mass is 561 g/mol. The molecule has 3 fully saturated rings. The lowest BCUT2D eigenvalue weighted by atomic mass is 9.44. The number of ketones is 1. The number of Topliss-reactive ketones (excluding diaryl/α,β-unsaturated/α-hetero) is 1. The van der Waals surface area contributed by atoms with Crippen LogP contribution >= 0.6 is 0 Å². The lowest BCUT2D eigenvalue weighted by Crippen LogP contribution is -2.82. The lowest BCUT2D eigenvalue weighted by Gasteiger charge is -2.67. The van der Waals surface area contributed by atoms with Crippen molar-refractivity contribution in [1.82, 2.24) is 0 Å². The molecular formula is C30H38O10. The van der Waals surface area contributed by atoms with Crippen LogP contribution in [0.15, 0.2) is 41.5 Å². The summed E-state index contributed by atoms with van der Waals surface area (Å²) in [6, 6.07) is 7.92. The van der Waals surface area contributed by atoms with E-state index in [0.717, 1.165) is 6.92 Å². The minimum absolute atomic E-state index is 0.0281. The van der Waals surface area contributed by atoms with Gasteiger partial charge >= 0.3 is 11.9 Å². The number of aliphatic hydroxyl groups is 3. The first-order valence-corrected chi connectivity index (χ1v) is 13.4. The van der Waals surface area contributed by atoms with E-state index in [2.05, 4.69) is 0 Å². The van der Waals surface area contributed by atoms with Crippen LogP contribution in [0.3, 0.4) is 0 Å². The predicted octanol–water partition coefficient (Wildman–Crippen LogP) is 1.74. The molecule has 10 nitrogen and oxygen atoms in total. The Morgan fingerprint density at radius 1 is 1.15 bits per heavy atom. The Labute approximate surface area is 237 Å². The third kappa shape index (κ3) is 3.69. The second-order valence-electron chi connectivity index (χ2n) is 12.3. The summed E-state index contributed by atoms with van der Waals surface area (Å²) in [5.41, 5.74) is -6.94. The maximum Gasteiger partial charge on any atom is 0.338 e. The number of methoxy groups -OCH3 is 1. The largest absolute Gasteiger partial charge is 0.455 e. The van der Waals surface area contributed by atoms with Gasteiger partial charge in [0.15, 0.2) is 11.4 Å². The van der Waals surface area contributed by atoms with E-state index < -0.39 is 83.2 Å². The molecule has 40 heavy (non-hydrogen) atoms. The lowest BCUT2D eigenvalue weighted by molar-refractivity contribution is -0.347. The summed E-state index contributed by atoms with van der Waals surface area (Å²) >= 11 is 0. The van der Waals surface area contributed by atoms with Gasteiger partial charge in [0.05, 0.1) is 39.8 Å². The highest BCUT2D eigenvalue weighted by Gasteiger charge is 2.78. The van der Waals surface area contributed by atoms with Crippen molar-refractivity contribution < 1.29 is 52.8 Å². The quantitative estimate of drug-likeness (QED) is 0.367. The molecule has 9 atom stereocenters. The van der Waals surface area contributed by atoms with E-state index in [0.29, 0.717) is 0 Å². The molecule has 1 aromatic rings. The van der Waals surface area contributed by atoms with Crippen LogP contribution in [0.1, 0.15) is 61.9 Å². The molecule has 3 aliphatic carbocycles. The van der Waals surface area contributed by atoms with Gasteiger partial charge in [0.1, 0.15) is 23.9 Å². The second-order valence-corrected chi connectivity index (χ2v) is 12.3. The van der Waals surface area contributed by atoms with Crippen molar-refractivity contribution in [1.29, 1.82) is 0 Å². The average Bonchev–Trinajstić information content (AvgIpc) is 2.90. The minimum atomic E-state index is -3.00. The van der Waals surface area contributed by atoms with Crippen LogP contribution < -0.4 is 0 Å². The van der Waals surface area contributed by atoms with Crippen LogP contribution in [-0.2, 0) is 28.5 Å². The van der Waals surface area contributed by atoms with Gasteiger partial charge in [-0.05, 0) is 37.1 Å². The van der Waals surface area contributed by atoms with Gasteiger partial charge in [-0.25, -0.2) is 4.79 Å². The van der Waals surface area contributed by atoms with Gasteiger partial charge in [-0.15, -0.1) is 0 Å². The Morgan fingerprint density at radius 3 is 2.40 bits per heavy atom. The van der Waals surface area contributed by atoms with Crippen LogP contribution in [-0.4, -0.2) is 88.4 Å². The molecule has 5 rings (SSSR count). The summed E-state index contributed by atoms with van der Waals surface area (Å²) in [6.07, 6.45) is -7.97. The second kappa shape index (κ2) is 9.46. The van der Waals surface area contributed by atoms with Gasteiger partial charge < -0.3 is 34.3 Å². The first-order valence-electron chi connectivity index (χ1n) is 14.9. The molecule has 0 spiro atoms. The molecule has 1 unspecified atom stereocenters. The number of hydrogen-bond donors (Lipinski definition) is 3. The van der Waals surface area contributed by atoms with E-state index in [1.165, 1.54) is 26.0 Å². The minimum Gasteiger partial charge on any atom is -0.455 e. The van der Waals surface area contributed by atoms with Crippen molar-refractivity contribution in [2.45, 2.75) is 89.2 Å². The SMILES string of the molecule is [2H]C([2H])([2H])O[C@H]1C[C@H]2OC[C@@]2(OC(C)=O)[C@H]2[C@H](OC(=O)c3ccccc3)C3(O)C[C@H](O)C(C)=C([C@@H](O)C(=O)[C@]12C)C3(C)C. The first kappa shape index (κ1) is 25.1. The molecule has 218 valence electrons. The molecule has 1 aromatic carbocycles. The third-order valence-corrected chi connectivity index (χ3v) is 10.1. The summed E-state index contributed by atoms with van der Waals surface area (Å²) in [5.74, 6) is -3.99. The molecule has 2 bridgehead atoms. The van der Waals surface area contributed by atoms with Crippen LogP contribution in [0.4, 0.5) is 0 Å². The van der Waals surface area contributed by atoms with Crippen LogP contribution in [0, 0.1) is 16.7 Å². The fourth-order valence-electron chi connectivity index (χ4n) is 7.81. The highest BCUT2D eigenvalue weighted by molar-refractivity contribution is 5.94. The van der Waals surface area contributed by atoms with Crippen molar-refractivity contribution in [3.8, 4) is 0 Å². The summed E-state index contributed by atoms with van der Waals surface area (Å²) in [6.45, 7) is 6.97. The summed E-state index contributed by atoms with van der Waals surface area (Å²) in [7, 11) is -3.00. The average molecular weight is 562 g/mol. The molecular weight excluding hydrogens is 520 g/mol. The predicted molar refractivity (Wildman–Crippen MR) is 140 cm³/mol. The molecule has 1 saturated heterocycles. The molecule has 0 aromatic heterocycles. The number of rotatable bonds is 4. The molecule has 10 heteroatoms. The number of hydrogen-bond acceptors (Lipinski definition) is 10. The Hall–Kier alpha value is -2.63. The molecule has 0 radical (unpaired) electrons. The summed E-state index contributed by atoms with van der Waals surface area (Å²) in [5, 5.41) is 35.8. The maximum absolute atomic E-state index is 14.7. The van der Waals surface area contributed by atoms with Gasteiger partial charge in [-0.2, -0.15) is 0 Å². The van der Waals surface area contributed by atoms with Crippen LogP contribution in [0.5, 0.6) is 0 Å². The molecule has 4 aliphatic rings. The number of carbonyl (C=O) groups excluding carboxylic acids is 3. The zero-order valence-corrected chi connectivity index (χ0v) is 23.2. The molecule has 1 heterocycles. The number of esters is 2. The first-order chi connectivity index (χ1) is 19.8. The van der Waals surface area contributed by atoms with Crippen molar-refractivity contribution in [2.24, 2.45) is 16.7 Å². The number of fused-ring (bicyclic) bond motifs is 5. The number of benzene rings is 1. The number of ether oxygens (including phenoxy) is 4. The third-order valence-electron chi connectivity index (χ3n) is 10.1. The fraction of sp³-hybridized carbons (Fsp3) is 0.633. The van der Waals surface area contributed by atoms with Crippen molar-refractivity contribution in [3.63, 3.8) is 0 Å². The molecule has 2 saturated carbocycles. The van der Waals surface area contributed by atoms with Crippen molar-refractivity contribution in [2.75, 3.05) is 13.6 Å². The zero-order valence-electron chi connectivity index (χ0n) is 26.2. The van der Waals surface area contributed by atoms with E-state index in [1.807, 2.05) is 0 Å². The number of carbonyl (C=O) groups is 3. The van der Waals surface area contributed by atoms with Gasteiger partial charge in [0, 0.05) is 32.2 Å². The van der Waals surface area contributed by atoms with Gasteiger partial charge in [0.25, 0.3) is 0 Å². The van der Waals surface area contributed by atoms with E-state index in [9.17, 15) is 29.7 Å². The smallest absolute Gasteiger partial charge is 0.338 e. The molecule has 0 amide bonds. The summed E-state index contributed by atoms with van der Waals surface area (Å²) < 4.78 is 47.0. The highest BCUT2D eigenvalue weighted by atomic mass is 16.6. The van der Waals surface area contributed by atoms with Gasteiger partial charge in [-0.3, -0.25) is 9.59 Å². The molecule has 3 N–H and O–H groups in total. The van der Waals surface area contributed by atoms with Gasteiger partial charge in [0.2, 0.25) is 0 Å². The zero-order chi connectivity index (χ0) is 31.9. The Balaban J connectivity index is 1.84. The molecule has 1 aliphatic heterocycles. The van der Waals surface area contributed by atoms with E-state index in [4.69, 9.17) is 23.1 Å². The Morgan fingerprint density at radius 2 is 1.82 bits per heavy atom. The van der Waals surface area contributed by atoms with E-state index >= 15 is 0 Å².